The van der Waals surface area contributed by atoms with Crippen LogP contribution in [-0.4, -0.2) is 59.8 Å². The number of hydrogen-bond acceptors (Lipinski definition) is 7. The molecule has 0 saturated heterocycles. The molecule has 1 N–H and O–H groups in total. The Morgan fingerprint density at radius 2 is 1.76 bits per heavy atom. The second-order valence-corrected chi connectivity index (χ2v) is 11.9. The second-order valence-electron chi connectivity index (χ2n) is 10.0. The van der Waals surface area contributed by atoms with Gasteiger partial charge in [-0.15, -0.1) is 0 Å². The van der Waals surface area contributed by atoms with E-state index in [4.69, 9.17) is 14.6 Å². The number of nitrogens with zero attached hydrogens (tertiary/aromatic N) is 2. The monoisotopic (exact) mass is 528 g/mol. The number of aliphatic hydroxyl groups is 1. The number of fused-ring (bicyclic) bond motifs is 3. The van der Waals surface area contributed by atoms with E-state index in [2.05, 4.69) is 0 Å². The molecule has 1 atom stereocenters. The quantitative estimate of drug-likeness (QED) is 0.482. The summed E-state index contributed by atoms with van der Waals surface area (Å²) >= 11 is 0. The third kappa shape index (κ3) is 5.41. The van der Waals surface area contributed by atoms with Crippen molar-refractivity contribution >= 4 is 33.0 Å². The van der Waals surface area contributed by atoms with Gasteiger partial charge in [-0.1, -0.05) is 35.9 Å². The molecule has 1 aliphatic rings. The van der Waals surface area contributed by atoms with Gasteiger partial charge in [0.1, 0.15) is 12.2 Å². The molecule has 0 saturated carbocycles. The van der Waals surface area contributed by atoms with E-state index in [-0.39, 0.29) is 31.1 Å². The van der Waals surface area contributed by atoms with Crippen LogP contribution in [0.3, 0.4) is 0 Å². The predicted octanol–water partition coefficient (Wildman–Crippen LogP) is 3.95. The number of esters is 1. The van der Waals surface area contributed by atoms with Crippen molar-refractivity contribution in [2.24, 2.45) is 0 Å². The van der Waals surface area contributed by atoms with E-state index in [1.807, 2.05) is 19.1 Å². The Morgan fingerprint density at radius 1 is 1.08 bits per heavy atom. The Kier molecular flexibility index (Phi) is 7.45. The normalized spacial score (nSPS) is 16.4. The molecular weight excluding hydrogens is 496 g/mol. The van der Waals surface area contributed by atoms with Crippen molar-refractivity contribution in [2.75, 3.05) is 19.8 Å². The number of ether oxygens (including phenoxy) is 2. The van der Waals surface area contributed by atoms with Gasteiger partial charge in [-0.25, -0.2) is 17.8 Å². The summed E-state index contributed by atoms with van der Waals surface area (Å²) < 4.78 is 41.2. The third-order valence-electron chi connectivity index (χ3n) is 6.18. The molecule has 2 heterocycles. The second kappa shape index (κ2) is 10.3. The number of para-hydroxylation sites is 1. The summed E-state index contributed by atoms with van der Waals surface area (Å²) in [7, 11) is -4.04. The number of carbonyl (C=O) groups excluding carboxylic acids is 2. The molecule has 3 aromatic rings. The standard InChI is InChI=1S/C27H32N2O7S/c1-18-9-11-19(12-10-18)37(33,34)28-14-13-21-20-7-5-6-8-22(20)29(26(32)36-27(2,3)4)25(21)23(28)17-24(31)35-16-15-30/h5-12,23,30H,13-17H2,1-4H3. The first kappa shape index (κ1) is 26.8. The summed E-state index contributed by atoms with van der Waals surface area (Å²) in [6.45, 7) is 6.67. The molecule has 2 aromatic carbocycles. The number of benzene rings is 2. The topological polar surface area (TPSA) is 115 Å². The van der Waals surface area contributed by atoms with Gasteiger partial charge in [0.15, 0.2) is 0 Å². The number of aryl methyl sites for hydroxylation is 1. The third-order valence-corrected chi connectivity index (χ3v) is 8.11. The van der Waals surface area contributed by atoms with Crippen molar-refractivity contribution in [1.82, 2.24) is 8.87 Å². The first-order valence-electron chi connectivity index (χ1n) is 12.1. The molecule has 0 spiro atoms. The number of sulfonamides is 1. The summed E-state index contributed by atoms with van der Waals surface area (Å²) in [6.07, 6.45) is -0.649. The van der Waals surface area contributed by atoms with Crippen molar-refractivity contribution in [1.29, 1.82) is 0 Å². The number of aromatic nitrogens is 1. The summed E-state index contributed by atoms with van der Waals surface area (Å²) in [4.78, 5) is 26.4. The van der Waals surface area contributed by atoms with Gasteiger partial charge >= 0.3 is 12.1 Å². The molecule has 0 aliphatic carbocycles. The molecule has 0 radical (unpaired) electrons. The van der Waals surface area contributed by atoms with E-state index < -0.39 is 33.7 Å². The highest BCUT2D eigenvalue weighted by atomic mass is 32.2. The van der Waals surface area contributed by atoms with Crippen molar-refractivity contribution in [3.8, 4) is 0 Å². The maximum atomic E-state index is 13.8. The summed E-state index contributed by atoms with van der Waals surface area (Å²) in [6, 6.07) is 12.8. The zero-order valence-corrected chi connectivity index (χ0v) is 22.2. The molecule has 9 nitrogen and oxygen atoms in total. The number of aliphatic hydroxyl groups excluding tert-OH is 1. The average Bonchev–Trinajstić information content (AvgIpc) is 3.17. The van der Waals surface area contributed by atoms with Gasteiger partial charge in [0.2, 0.25) is 10.0 Å². The number of carbonyl (C=O) groups is 2. The molecule has 1 aliphatic heterocycles. The lowest BCUT2D eigenvalue weighted by Gasteiger charge is -2.35. The molecule has 0 bridgehead atoms. The summed E-state index contributed by atoms with van der Waals surface area (Å²) in [5.74, 6) is -0.683. The van der Waals surface area contributed by atoms with Crippen LogP contribution in [-0.2, 0) is 30.7 Å². The van der Waals surface area contributed by atoms with E-state index in [1.54, 1.807) is 45.0 Å². The maximum Gasteiger partial charge on any atom is 0.419 e. The molecular formula is C27H32N2O7S. The first-order valence-corrected chi connectivity index (χ1v) is 13.6. The van der Waals surface area contributed by atoms with Crippen LogP contribution in [0.1, 0.15) is 50.1 Å². The van der Waals surface area contributed by atoms with Gasteiger partial charge in [0.05, 0.1) is 35.2 Å². The lowest BCUT2D eigenvalue weighted by atomic mass is 9.97. The van der Waals surface area contributed by atoms with E-state index in [1.165, 1.54) is 21.0 Å². The minimum Gasteiger partial charge on any atom is -0.463 e. The van der Waals surface area contributed by atoms with Crippen molar-refractivity contribution in [3.05, 3.63) is 65.4 Å². The minimum absolute atomic E-state index is 0.0928. The van der Waals surface area contributed by atoms with Crippen LogP contribution in [0.25, 0.3) is 10.9 Å². The van der Waals surface area contributed by atoms with Gasteiger partial charge in [-0.2, -0.15) is 4.31 Å². The lowest BCUT2D eigenvalue weighted by molar-refractivity contribution is -0.145. The highest BCUT2D eigenvalue weighted by Crippen LogP contribution is 2.41. The SMILES string of the molecule is Cc1ccc(S(=O)(=O)N2CCc3c(n(C(=O)OC(C)(C)C)c4ccccc34)C2CC(=O)OCCO)cc1. The largest absolute Gasteiger partial charge is 0.463 e. The Bertz CT molecular complexity index is 1420. The molecule has 4 rings (SSSR count). The zero-order valence-electron chi connectivity index (χ0n) is 21.4. The van der Waals surface area contributed by atoms with E-state index in [0.717, 1.165) is 16.5 Å². The van der Waals surface area contributed by atoms with Gasteiger partial charge in [-0.3, -0.25) is 4.79 Å². The maximum absolute atomic E-state index is 13.8. The predicted molar refractivity (Wildman–Crippen MR) is 138 cm³/mol. The van der Waals surface area contributed by atoms with E-state index >= 15 is 0 Å². The molecule has 0 fully saturated rings. The van der Waals surface area contributed by atoms with Crippen molar-refractivity contribution in [2.45, 2.75) is 57.1 Å². The van der Waals surface area contributed by atoms with Gasteiger partial charge in [0, 0.05) is 11.9 Å². The summed E-state index contributed by atoms with van der Waals surface area (Å²) in [5, 5.41) is 9.90. The highest BCUT2D eigenvalue weighted by molar-refractivity contribution is 7.89. The molecule has 10 heteroatoms. The molecule has 198 valence electrons. The fourth-order valence-corrected chi connectivity index (χ4v) is 6.26. The van der Waals surface area contributed by atoms with Gasteiger partial charge in [0.25, 0.3) is 0 Å². The van der Waals surface area contributed by atoms with Crippen LogP contribution < -0.4 is 0 Å². The van der Waals surface area contributed by atoms with Crippen LogP contribution in [0.5, 0.6) is 0 Å². The summed E-state index contributed by atoms with van der Waals surface area (Å²) in [5.41, 5.74) is 1.86. The van der Waals surface area contributed by atoms with Crippen LogP contribution in [0.4, 0.5) is 4.79 Å². The Hall–Kier alpha value is -3.21. The van der Waals surface area contributed by atoms with Crippen LogP contribution in [0, 0.1) is 6.92 Å². The Labute approximate surface area is 216 Å². The Balaban J connectivity index is 1.91. The minimum atomic E-state index is -4.04. The van der Waals surface area contributed by atoms with Crippen LogP contribution >= 0.6 is 0 Å². The molecule has 37 heavy (non-hydrogen) atoms. The fourth-order valence-electron chi connectivity index (χ4n) is 4.67. The first-order chi connectivity index (χ1) is 17.4. The average molecular weight is 529 g/mol. The van der Waals surface area contributed by atoms with Crippen LogP contribution in [0.15, 0.2) is 53.4 Å². The number of hydrogen-bond donors (Lipinski definition) is 1. The van der Waals surface area contributed by atoms with E-state index in [9.17, 15) is 18.0 Å². The smallest absolute Gasteiger partial charge is 0.419 e. The van der Waals surface area contributed by atoms with E-state index in [0.29, 0.717) is 17.6 Å². The highest BCUT2D eigenvalue weighted by Gasteiger charge is 2.42. The zero-order chi connectivity index (χ0) is 27.0. The fraction of sp³-hybridized carbons (Fsp3) is 0.407. The molecule has 1 aromatic heterocycles. The van der Waals surface area contributed by atoms with Crippen molar-refractivity contribution < 1.29 is 32.6 Å². The number of rotatable bonds is 6. The molecule has 1 unspecified atom stereocenters. The molecule has 0 amide bonds. The van der Waals surface area contributed by atoms with Crippen LogP contribution in [0.2, 0.25) is 0 Å². The van der Waals surface area contributed by atoms with Crippen molar-refractivity contribution in [3.63, 3.8) is 0 Å². The Morgan fingerprint density at radius 3 is 2.41 bits per heavy atom. The van der Waals surface area contributed by atoms with Gasteiger partial charge in [-0.05, 0) is 57.9 Å². The lowest BCUT2D eigenvalue weighted by Crippen LogP contribution is -2.42. The van der Waals surface area contributed by atoms with Gasteiger partial charge < -0.3 is 14.6 Å².